The molecular weight excluding hydrogens is 230 g/mol. The molecule has 13 heavy (non-hydrogen) atoms. The maximum atomic E-state index is 11.9. The molecule has 1 amide bonds. The smallest absolute Gasteiger partial charge is 0.236 e. The van der Waals surface area contributed by atoms with Gasteiger partial charge in [-0.25, -0.2) is 0 Å². The van der Waals surface area contributed by atoms with Crippen molar-refractivity contribution in [2.24, 2.45) is 0 Å². The van der Waals surface area contributed by atoms with E-state index in [2.05, 4.69) is 29.8 Å². The van der Waals surface area contributed by atoms with Crippen LogP contribution in [0.3, 0.4) is 0 Å². The van der Waals surface area contributed by atoms with Crippen molar-refractivity contribution in [3.8, 4) is 0 Å². The van der Waals surface area contributed by atoms with Gasteiger partial charge in [-0.1, -0.05) is 22.9 Å². The van der Waals surface area contributed by atoms with Crippen molar-refractivity contribution in [1.82, 2.24) is 4.90 Å². The van der Waals surface area contributed by atoms with Crippen molar-refractivity contribution in [1.29, 1.82) is 0 Å². The Morgan fingerprint density at radius 2 is 1.92 bits per heavy atom. The van der Waals surface area contributed by atoms with E-state index in [1.165, 1.54) is 0 Å². The Labute approximate surface area is 88.8 Å². The van der Waals surface area contributed by atoms with Crippen LogP contribution in [0.2, 0.25) is 0 Å². The van der Waals surface area contributed by atoms with Gasteiger partial charge in [0.2, 0.25) is 5.91 Å². The van der Waals surface area contributed by atoms with Crippen molar-refractivity contribution in [2.75, 3.05) is 0 Å². The molecule has 1 saturated heterocycles. The molecule has 1 fully saturated rings. The number of rotatable bonds is 2. The average molecular weight is 248 g/mol. The highest BCUT2D eigenvalue weighted by molar-refractivity contribution is 9.10. The van der Waals surface area contributed by atoms with Crippen LogP contribution in [-0.4, -0.2) is 27.7 Å². The topological polar surface area (TPSA) is 20.3 Å². The van der Waals surface area contributed by atoms with Crippen LogP contribution in [0.4, 0.5) is 0 Å². The third kappa shape index (κ3) is 2.25. The molecule has 2 nitrogen and oxygen atoms in total. The SMILES string of the molecule is CCC(Br)C(=O)N1[C@H](C)CC[C@H]1C. The second-order valence-electron chi connectivity index (χ2n) is 3.90. The molecule has 76 valence electrons. The molecule has 0 spiro atoms. The zero-order chi connectivity index (χ0) is 10.0. The summed E-state index contributed by atoms with van der Waals surface area (Å²) in [6.45, 7) is 6.30. The molecule has 3 heteroatoms. The van der Waals surface area contributed by atoms with Gasteiger partial charge in [0, 0.05) is 12.1 Å². The first-order valence-corrected chi connectivity index (χ1v) is 5.95. The van der Waals surface area contributed by atoms with Gasteiger partial charge in [-0.05, 0) is 33.1 Å². The predicted octanol–water partition coefficient (Wildman–Crippen LogP) is 2.56. The summed E-state index contributed by atoms with van der Waals surface area (Å²) in [7, 11) is 0. The van der Waals surface area contributed by atoms with Crippen molar-refractivity contribution < 1.29 is 4.79 Å². The average Bonchev–Trinajstić information content (AvgIpc) is 2.44. The minimum absolute atomic E-state index is 0.00972. The molecule has 1 unspecified atom stereocenters. The highest BCUT2D eigenvalue weighted by Crippen LogP contribution is 2.26. The Balaban J connectivity index is 2.64. The summed E-state index contributed by atoms with van der Waals surface area (Å²) < 4.78 is 0. The fraction of sp³-hybridized carbons (Fsp3) is 0.900. The van der Waals surface area contributed by atoms with E-state index in [1.54, 1.807) is 0 Å². The molecule has 0 bridgehead atoms. The van der Waals surface area contributed by atoms with Crippen LogP contribution in [0, 0.1) is 0 Å². The van der Waals surface area contributed by atoms with E-state index in [0.717, 1.165) is 19.3 Å². The van der Waals surface area contributed by atoms with E-state index in [9.17, 15) is 4.79 Å². The minimum Gasteiger partial charge on any atom is -0.336 e. The number of nitrogens with zero attached hydrogens (tertiary/aromatic N) is 1. The van der Waals surface area contributed by atoms with Gasteiger partial charge in [0.25, 0.3) is 0 Å². The molecule has 0 radical (unpaired) electrons. The summed E-state index contributed by atoms with van der Waals surface area (Å²) in [6, 6.07) is 0.850. The molecule has 1 aliphatic heterocycles. The lowest BCUT2D eigenvalue weighted by molar-refractivity contribution is -0.132. The second kappa shape index (κ2) is 4.45. The number of carbonyl (C=O) groups is 1. The lowest BCUT2D eigenvalue weighted by Crippen LogP contribution is -2.42. The first-order chi connectivity index (χ1) is 6.07. The Morgan fingerprint density at radius 1 is 1.46 bits per heavy atom. The van der Waals surface area contributed by atoms with Crippen LogP contribution in [0.25, 0.3) is 0 Å². The van der Waals surface area contributed by atoms with Crippen molar-refractivity contribution in [2.45, 2.75) is 56.9 Å². The molecule has 1 heterocycles. The molecule has 0 saturated carbocycles. The summed E-state index contributed by atoms with van der Waals surface area (Å²) in [5, 5.41) is 0. The normalized spacial score (nSPS) is 30.6. The zero-order valence-corrected chi connectivity index (χ0v) is 10.2. The summed E-state index contributed by atoms with van der Waals surface area (Å²) in [4.78, 5) is 13.9. The van der Waals surface area contributed by atoms with Crippen LogP contribution in [-0.2, 0) is 4.79 Å². The number of hydrogen-bond donors (Lipinski definition) is 0. The molecule has 0 aliphatic carbocycles. The van der Waals surface area contributed by atoms with Gasteiger partial charge in [0.1, 0.15) is 0 Å². The van der Waals surface area contributed by atoms with Gasteiger partial charge in [0.05, 0.1) is 4.83 Å². The Bertz CT molecular complexity index is 185. The van der Waals surface area contributed by atoms with Gasteiger partial charge in [0.15, 0.2) is 0 Å². The summed E-state index contributed by atoms with van der Waals surface area (Å²) in [6.07, 6.45) is 3.17. The van der Waals surface area contributed by atoms with Crippen LogP contribution in [0.1, 0.15) is 40.0 Å². The van der Waals surface area contributed by atoms with E-state index in [1.807, 2.05) is 11.8 Å². The third-order valence-electron chi connectivity index (χ3n) is 2.83. The summed E-state index contributed by atoms with van der Waals surface area (Å²) >= 11 is 3.42. The van der Waals surface area contributed by atoms with E-state index in [0.29, 0.717) is 12.1 Å². The fourth-order valence-electron chi connectivity index (χ4n) is 1.97. The first-order valence-electron chi connectivity index (χ1n) is 5.04. The maximum absolute atomic E-state index is 11.9. The minimum atomic E-state index is 0.00972. The first kappa shape index (κ1) is 11.0. The van der Waals surface area contributed by atoms with Crippen molar-refractivity contribution >= 4 is 21.8 Å². The Kier molecular flexibility index (Phi) is 3.77. The molecule has 1 rings (SSSR count). The van der Waals surface area contributed by atoms with Gasteiger partial charge in [-0.2, -0.15) is 0 Å². The number of halogens is 1. The number of likely N-dealkylation sites (tertiary alicyclic amines) is 1. The van der Waals surface area contributed by atoms with E-state index in [4.69, 9.17) is 0 Å². The van der Waals surface area contributed by atoms with Crippen molar-refractivity contribution in [3.05, 3.63) is 0 Å². The van der Waals surface area contributed by atoms with Gasteiger partial charge in [-0.15, -0.1) is 0 Å². The summed E-state index contributed by atoms with van der Waals surface area (Å²) in [5.41, 5.74) is 0. The number of hydrogen-bond acceptors (Lipinski definition) is 1. The molecule has 0 N–H and O–H groups in total. The fourth-order valence-corrected chi connectivity index (χ4v) is 2.20. The Morgan fingerprint density at radius 3 is 2.31 bits per heavy atom. The van der Waals surface area contributed by atoms with Crippen LogP contribution >= 0.6 is 15.9 Å². The standard InChI is InChI=1S/C10H18BrNO/c1-4-9(11)10(13)12-7(2)5-6-8(12)3/h7-9H,4-6H2,1-3H3/t7-,8-,9?/m1/s1. The molecule has 1 aliphatic rings. The van der Waals surface area contributed by atoms with E-state index < -0.39 is 0 Å². The highest BCUT2D eigenvalue weighted by Gasteiger charge is 2.33. The van der Waals surface area contributed by atoms with Crippen LogP contribution in [0.15, 0.2) is 0 Å². The van der Waals surface area contributed by atoms with Gasteiger partial charge in [-0.3, -0.25) is 4.79 Å². The van der Waals surface area contributed by atoms with Crippen LogP contribution < -0.4 is 0 Å². The summed E-state index contributed by atoms with van der Waals surface area (Å²) in [5.74, 6) is 0.264. The predicted molar refractivity (Wildman–Crippen MR) is 58.0 cm³/mol. The molecule has 3 atom stereocenters. The monoisotopic (exact) mass is 247 g/mol. The third-order valence-corrected chi connectivity index (χ3v) is 3.87. The largest absolute Gasteiger partial charge is 0.336 e. The van der Waals surface area contributed by atoms with Crippen LogP contribution in [0.5, 0.6) is 0 Å². The lowest BCUT2D eigenvalue weighted by Gasteiger charge is -2.28. The zero-order valence-electron chi connectivity index (χ0n) is 8.59. The quantitative estimate of drug-likeness (QED) is 0.688. The number of alkyl halides is 1. The highest BCUT2D eigenvalue weighted by atomic mass is 79.9. The van der Waals surface area contributed by atoms with Gasteiger partial charge >= 0.3 is 0 Å². The number of carbonyl (C=O) groups excluding carboxylic acids is 1. The molecule has 0 aromatic heterocycles. The molecule has 0 aromatic carbocycles. The van der Waals surface area contributed by atoms with Gasteiger partial charge < -0.3 is 4.90 Å². The second-order valence-corrected chi connectivity index (χ2v) is 5.00. The lowest BCUT2D eigenvalue weighted by atomic mass is 10.2. The molecule has 0 aromatic rings. The van der Waals surface area contributed by atoms with E-state index in [-0.39, 0.29) is 10.7 Å². The molecular formula is C10H18BrNO. The maximum Gasteiger partial charge on any atom is 0.236 e. The number of amides is 1. The Hall–Kier alpha value is -0.0500. The van der Waals surface area contributed by atoms with E-state index >= 15 is 0 Å². The van der Waals surface area contributed by atoms with Crippen molar-refractivity contribution in [3.63, 3.8) is 0 Å².